The zero-order chi connectivity index (χ0) is 14.1. The zero-order valence-corrected chi connectivity index (χ0v) is 12.3. The molecule has 0 aromatic heterocycles. The van der Waals surface area contributed by atoms with Crippen LogP contribution in [0.1, 0.15) is 18.9 Å². The van der Waals surface area contributed by atoms with Crippen molar-refractivity contribution in [3.63, 3.8) is 0 Å². The molecule has 2 nitrogen and oxygen atoms in total. The molecule has 0 bridgehead atoms. The van der Waals surface area contributed by atoms with E-state index in [0.717, 1.165) is 39.7 Å². The van der Waals surface area contributed by atoms with Gasteiger partial charge in [-0.25, -0.2) is 0 Å². The highest BCUT2D eigenvalue weighted by atomic mass is 32.2. The van der Waals surface area contributed by atoms with E-state index in [4.69, 9.17) is 0 Å². The zero-order valence-electron chi connectivity index (χ0n) is 11.5. The molecule has 0 amide bonds. The minimum absolute atomic E-state index is 0.884. The molecule has 3 rings (SSSR count). The van der Waals surface area contributed by atoms with E-state index in [1.165, 1.54) is 0 Å². The van der Waals surface area contributed by atoms with Crippen molar-refractivity contribution in [2.45, 2.75) is 23.1 Å². The minimum Gasteiger partial charge on any atom is -0.606 e. The molecule has 2 aromatic carbocycles. The number of nitrogens with zero attached hydrogens (tertiary/aromatic N) is 1. The third kappa shape index (κ3) is 2.03. The number of hydrogen-bond donors (Lipinski definition) is 0. The Labute approximate surface area is 122 Å². The molecule has 1 heterocycles. The summed E-state index contributed by atoms with van der Waals surface area (Å²) in [5, 5.41) is 0. The lowest BCUT2D eigenvalue weighted by Crippen LogP contribution is -2.26. The van der Waals surface area contributed by atoms with Crippen molar-refractivity contribution in [3.8, 4) is 0 Å². The lowest BCUT2D eigenvalue weighted by Gasteiger charge is -2.32. The molecule has 0 N–H and O–H groups in total. The summed E-state index contributed by atoms with van der Waals surface area (Å²) in [6.07, 6.45) is 2.84. The molecule has 1 unspecified atom stereocenters. The Morgan fingerprint density at radius 1 is 1.15 bits per heavy atom. The summed E-state index contributed by atoms with van der Waals surface area (Å²) in [4.78, 5) is 4.04. The maximum absolute atomic E-state index is 12.8. The average molecular weight is 283 g/mol. The van der Waals surface area contributed by atoms with E-state index in [9.17, 15) is 4.55 Å². The van der Waals surface area contributed by atoms with E-state index in [0.29, 0.717) is 0 Å². The number of benzene rings is 2. The largest absolute Gasteiger partial charge is 0.606 e. The van der Waals surface area contributed by atoms with Crippen molar-refractivity contribution in [1.29, 1.82) is 0 Å². The third-order valence-electron chi connectivity index (χ3n) is 3.51. The topological polar surface area (TPSA) is 26.3 Å². The first-order valence-electron chi connectivity index (χ1n) is 6.81. The first-order valence-corrected chi connectivity index (χ1v) is 7.96. The fourth-order valence-corrected chi connectivity index (χ4v) is 4.00. The van der Waals surface area contributed by atoms with Gasteiger partial charge in [0.05, 0.1) is 11.4 Å². The molecule has 3 heteroatoms. The molecular weight excluding hydrogens is 266 g/mol. The van der Waals surface area contributed by atoms with Gasteiger partial charge in [-0.3, -0.25) is 0 Å². The maximum Gasteiger partial charge on any atom is 0.182 e. The molecule has 1 atom stereocenters. The molecule has 1 aliphatic heterocycles. The summed E-state index contributed by atoms with van der Waals surface area (Å²) in [7, 11) is 0. The Morgan fingerprint density at radius 3 is 2.65 bits per heavy atom. The number of para-hydroxylation sites is 1. The molecular formula is C17H17NOS. The van der Waals surface area contributed by atoms with Gasteiger partial charge >= 0.3 is 0 Å². The highest BCUT2D eigenvalue weighted by molar-refractivity contribution is 7.92. The number of rotatable bonds is 3. The smallest absolute Gasteiger partial charge is 0.182 e. The van der Waals surface area contributed by atoms with Gasteiger partial charge in [0.15, 0.2) is 9.79 Å². The molecule has 102 valence electrons. The maximum atomic E-state index is 12.8. The number of fused-ring (bicyclic) bond motifs is 2. The molecule has 2 aromatic rings. The van der Waals surface area contributed by atoms with Crippen LogP contribution in [0.15, 0.2) is 58.8 Å². The van der Waals surface area contributed by atoms with Crippen molar-refractivity contribution in [2.24, 2.45) is 0 Å². The van der Waals surface area contributed by atoms with Crippen LogP contribution in [0.3, 0.4) is 0 Å². The Hall–Kier alpha value is -1.71. The van der Waals surface area contributed by atoms with Gasteiger partial charge in [0.1, 0.15) is 0 Å². The van der Waals surface area contributed by atoms with Crippen LogP contribution in [-0.2, 0) is 11.2 Å². The molecule has 0 saturated heterocycles. The molecule has 0 radical (unpaired) electrons. The fourth-order valence-electron chi connectivity index (χ4n) is 2.58. The van der Waals surface area contributed by atoms with Crippen molar-refractivity contribution in [2.75, 3.05) is 11.4 Å². The van der Waals surface area contributed by atoms with Crippen LogP contribution in [0.4, 0.5) is 11.4 Å². The minimum atomic E-state index is -1.12. The van der Waals surface area contributed by atoms with Crippen molar-refractivity contribution < 1.29 is 4.55 Å². The Kier molecular flexibility index (Phi) is 3.55. The monoisotopic (exact) mass is 283 g/mol. The Balaban J connectivity index is 2.20. The number of anilines is 2. The first kappa shape index (κ1) is 13.3. The van der Waals surface area contributed by atoms with Crippen LogP contribution in [0.25, 0.3) is 6.08 Å². The van der Waals surface area contributed by atoms with E-state index in [-0.39, 0.29) is 0 Å². The van der Waals surface area contributed by atoms with E-state index in [1.807, 2.05) is 36.4 Å². The standard InChI is InChI=1S/C17H17NOS/c1-3-11-18-14-7-5-6-8-16(14)20(19)17-12-13(4-2)9-10-15(17)18/h4-10,12H,2-3,11H2,1H3. The molecule has 0 saturated carbocycles. The van der Waals surface area contributed by atoms with E-state index >= 15 is 0 Å². The third-order valence-corrected chi connectivity index (χ3v) is 4.98. The highest BCUT2D eigenvalue weighted by Crippen LogP contribution is 2.44. The summed E-state index contributed by atoms with van der Waals surface area (Å²) >= 11 is -1.12. The van der Waals surface area contributed by atoms with Gasteiger partial charge in [-0.15, -0.1) is 0 Å². The lowest BCUT2D eigenvalue weighted by molar-refractivity contribution is 0.592. The average Bonchev–Trinajstić information content (AvgIpc) is 2.51. The number of hydrogen-bond acceptors (Lipinski definition) is 2. The van der Waals surface area contributed by atoms with Crippen molar-refractivity contribution >= 4 is 28.6 Å². The molecule has 1 aliphatic rings. The van der Waals surface area contributed by atoms with Crippen LogP contribution < -0.4 is 4.90 Å². The normalized spacial score (nSPS) is 16.5. The van der Waals surface area contributed by atoms with Crippen LogP contribution >= 0.6 is 0 Å². The molecule has 20 heavy (non-hydrogen) atoms. The van der Waals surface area contributed by atoms with Crippen molar-refractivity contribution in [1.82, 2.24) is 0 Å². The van der Waals surface area contributed by atoms with Gasteiger partial charge in [-0.2, -0.15) is 0 Å². The first-order chi connectivity index (χ1) is 9.76. The van der Waals surface area contributed by atoms with Gasteiger partial charge in [0.25, 0.3) is 0 Å². The van der Waals surface area contributed by atoms with Gasteiger partial charge in [0, 0.05) is 23.8 Å². The van der Waals surface area contributed by atoms with Crippen molar-refractivity contribution in [3.05, 3.63) is 54.6 Å². The molecule has 0 aliphatic carbocycles. The second-order valence-electron chi connectivity index (χ2n) is 4.82. The van der Waals surface area contributed by atoms with Crippen LogP contribution in [0.2, 0.25) is 0 Å². The van der Waals surface area contributed by atoms with E-state index < -0.39 is 11.2 Å². The summed E-state index contributed by atoms with van der Waals surface area (Å²) in [6, 6.07) is 14.0. The predicted octanol–water partition coefficient (Wildman–Crippen LogP) is 4.36. The second kappa shape index (κ2) is 5.35. The Bertz CT molecular complexity index is 653. The van der Waals surface area contributed by atoms with E-state index in [2.05, 4.69) is 24.5 Å². The summed E-state index contributed by atoms with van der Waals surface area (Å²) in [6.45, 7) is 6.88. The molecule has 0 spiro atoms. The van der Waals surface area contributed by atoms with Gasteiger partial charge in [-0.1, -0.05) is 37.8 Å². The summed E-state index contributed by atoms with van der Waals surface area (Å²) in [5.74, 6) is 0. The van der Waals surface area contributed by atoms with E-state index in [1.54, 1.807) is 6.08 Å². The quantitative estimate of drug-likeness (QED) is 0.782. The summed E-state index contributed by atoms with van der Waals surface area (Å²) in [5.41, 5.74) is 3.12. The lowest BCUT2D eigenvalue weighted by atomic mass is 10.1. The van der Waals surface area contributed by atoms with Crippen LogP contribution in [-0.4, -0.2) is 11.1 Å². The van der Waals surface area contributed by atoms with Gasteiger partial charge in [-0.05, 0) is 30.2 Å². The van der Waals surface area contributed by atoms with Crippen LogP contribution in [0, 0.1) is 0 Å². The SMILES string of the molecule is C=Cc1ccc2c(c1)[S+]([O-])c1ccccc1N2CCC. The van der Waals surface area contributed by atoms with Gasteiger partial charge in [0.2, 0.25) is 0 Å². The van der Waals surface area contributed by atoms with Gasteiger partial charge < -0.3 is 9.45 Å². The highest BCUT2D eigenvalue weighted by Gasteiger charge is 2.32. The Morgan fingerprint density at radius 2 is 1.90 bits per heavy atom. The fraction of sp³-hybridized carbons (Fsp3) is 0.176. The van der Waals surface area contributed by atoms with Crippen LogP contribution in [0.5, 0.6) is 0 Å². The second-order valence-corrected chi connectivity index (χ2v) is 6.24. The predicted molar refractivity (Wildman–Crippen MR) is 84.9 cm³/mol. The molecule has 0 fully saturated rings. The summed E-state index contributed by atoms with van der Waals surface area (Å²) < 4.78 is 12.8.